The van der Waals surface area contributed by atoms with Crippen LogP contribution in [0.1, 0.15) is 39.9 Å². The molecule has 1 amide bonds. The summed E-state index contributed by atoms with van der Waals surface area (Å²) in [6, 6.07) is 13.1. The van der Waals surface area contributed by atoms with E-state index in [-0.39, 0.29) is 18.2 Å². The third-order valence-corrected chi connectivity index (χ3v) is 6.50. The molecule has 0 aromatic heterocycles. The van der Waals surface area contributed by atoms with E-state index in [0.29, 0.717) is 11.4 Å². The zero-order valence-corrected chi connectivity index (χ0v) is 18.4. The molecule has 0 saturated carbocycles. The highest BCUT2D eigenvalue weighted by molar-refractivity contribution is 6.05. The second kappa shape index (κ2) is 9.53. The van der Waals surface area contributed by atoms with E-state index >= 15 is 0 Å². The number of likely N-dealkylation sites (N-methyl/N-ethyl adjacent to an activating group) is 1. The lowest BCUT2D eigenvalue weighted by molar-refractivity contribution is -0.138. The van der Waals surface area contributed by atoms with Gasteiger partial charge in [0, 0.05) is 49.4 Å². The van der Waals surface area contributed by atoms with Crippen molar-refractivity contribution in [2.24, 2.45) is 5.92 Å². The molecule has 1 aliphatic carbocycles. The largest absolute Gasteiger partial charge is 0.481 e. The first kappa shape index (κ1) is 22.0. The number of amidine groups is 1. The summed E-state index contributed by atoms with van der Waals surface area (Å²) in [6.07, 6.45) is 2.68. The van der Waals surface area contributed by atoms with E-state index in [4.69, 9.17) is 10.5 Å². The first-order valence-corrected chi connectivity index (χ1v) is 11.2. The number of hydrogen-bond acceptors (Lipinski definition) is 4. The molecule has 32 heavy (non-hydrogen) atoms. The topological polar surface area (TPSA) is 96.7 Å². The molecule has 1 saturated heterocycles. The van der Waals surface area contributed by atoms with Crippen LogP contribution in [0.5, 0.6) is 0 Å². The highest BCUT2D eigenvalue weighted by Gasteiger charge is 2.22. The van der Waals surface area contributed by atoms with Crippen LogP contribution < -0.4 is 5.32 Å². The number of fused-ring (bicyclic) bond motifs is 1. The summed E-state index contributed by atoms with van der Waals surface area (Å²) >= 11 is 0. The number of carbonyl (C=O) groups excluding carboxylic acids is 1. The van der Waals surface area contributed by atoms with Crippen molar-refractivity contribution in [3.05, 3.63) is 64.7 Å². The van der Waals surface area contributed by atoms with Gasteiger partial charge in [0.1, 0.15) is 5.84 Å². The van der Waals surface area contributed by atoms with Crippen LogP contribution in [-0.2, 0) is 17.6 Å². The maximum atomic E-state index is 12.8. The van der Waals surface area contributed by atoms with Crippen molar-refractivity contribution in [1.29, 1.82) is 5.41 Å². The Kier molecular flexibility index (Phi) is 6.55. The molecule has 7 nitrogen and oxygen atoms in total. The maximum absolute atomic E-state index is 12.8. The summed E-state index contributed by atoms with van der Waals surface area (Å²) in [4.78, 5) is 28.1. The van der Waals surface area contributed by atoms with Gasteiger partial charge in [0.15, 0.2) is 0 Å². The van der Waals surface area contributed by atoms with Gasteiger partial charge in [0.2, 0.25) is 0 Å². The van der Waals surface area contributed by atoms with Crippen molar-refractivity contribution in [3.8, 4) is 0 Å². The Balaban J connectivity index is 1.39. The quantitative estimate of drug-likeness (QED) is 0.496. The monoisotopic (exact) mass is 434 g/mol. The maximum Gasteiger partial charge on any atom is 0.303 e. The average Bonchev–Trinajstić information content (AvgIpc) is 2.78. The molecule has 1 heterocycles. The summed E-state index contributed by atoms with van der Waals surface area (Å²) in [5.41, 5.74) is 4.43. The Morgan fingerprint density at radius 3 is 2.41 bits per heavy atom. The van der Waals surface area contributed by atoms with E-state index < -0.39 is 5.97 Å². The lowest BCUT2D eigenvalue weighted by Gasteiger charge is -2.34. The van der Waals surface area contributed by atoms with Gasteiger partial charge in [0.25, 0.3) is 5.91 Å². The van der Waals surface area contributed by atoms with Crippen LogP contribution in [0.15, 0.2) is 42.5 Å². The summed E-state index contributed by atoms with van der Waals surface area (Å²) < 4.78 is 0. The Labute approximate surface area is 188 Å². The number of nitrogens with zero attached hydrogens (tertiary/aromatic N) is 2. The molecule has 0 spiro atoms. The second-order valence-electron chi connectivity index (χ2n) is 8.86. The van der Waals surface area contributed by atoms with Crippen molar-refractivity contribution in [2.75, 3.05) is 38.5 Å². The minimum absolute atomic E-state index is 0.147. The molecule has 7 heteroatoms. The van der Waals surface area contributed by atoms with E-state index in [0.717, 1.165) is 62.3 Å². The number of aliphatic carboxylic acids is 1. The van der Waals surface area contributed by atoms with Crippen molar-refractivity contribution < 1.29 is 14.7 Å². The highest BCUT2D eigenvalue weighted by atomic mass is 16.4. The van der Waals surface area contributed by atoms with Gasteiger partial charge in [-0.2, -0.15) is 0 Å². The molecular weight excluding hydrogens is 404 g/mol. The average molecular weight is 435 g/mol. The predicted octanol–water partition coefficient (Wildman–Crippen LogP) is 3.09. The smallest absolute Gasteiger partial charge is 0.303 e. The van der Waals surface area contributed by atoms with E-state index in [2.05, 4.69) is 22.2 Å². The number of rotatable bonds is 5. The van der Waals surface area contributed by atoms with Gasteiger partial charge in [-0.05, 0) is 67.6 Å². The number of aryl methyl sites for hydroxylation is 1. The number of piperazine rings is 1. The molecular formula is C25H30N4O3. The number of nitrogens with one attached hydrogen (secondary N) is 2. The SMILES string of the molecule is CN1CCN(C(=N)c2ccc(C(=O)Nc3ccc4c(c3)CC(CC(=O)O)CC4)cc2)CC1. The van der Waals surface area contributed by atoms with Crippen LogP contribution >= 0.6 is 0 Å². The fourth-order valence-electron chi connectivity index (χ4n) is 4.53. The first-order chi connectivity index (χ1) is 15.4. The molecule has 0 bridgehead atoms. The van der Waals surface area contributed by atoms with Gasteiger partial charge in [-0.1, -0.05) is 18.2 Å². The standard InChI is InChI=1S/C25H30N4O3/c1-28-10-12-29(13-11-28)24(26)19-4-6-20(7-5-19)25(32)27-22-9-8-18-3-2-17(15-23(30)31)14-21(18)16-22/h4-9,16-17,26H,2-3,10-15H2,1H3,(H,27,32)(H,30,31). The van der Waals surface area contributed by atoms with Crippen LogP contribution in [-0.4, -0.2) is 65.8 Å². The molecule has 2 aromatic carbocycles. The molecule has 1 unspecified atom stereocenters. The number of carboxylic acid groups (broad SMARTS) is 1. The Morgan fingerprint density at radius 1 is 1.03 bits per heavy atom. The van der Waals surface area contributed by atoms with E-state index in [1.54, 1.807) is 12.1 Å². The van der Waals surface area contributed by atoms with Crippen molar-refractivity contribution in [2.45, 2.75) is 25.7 Å². The van der Waals surface area contributed by atoms with Gasteiger partial charge in [-0.3, -0.25) is 15.0 Å². The van der Waals surface area contributed by atoms with Gasteiger partial charge < -0.3 is 20.2 Å². The highest BCUT2D eigenvalue weighted by Crippen LogP contribution is 2.29. The number of amides is 1. The van der Waals surface area contributed by atoms with Crippen molar-refractivity contribution in [3.63, 3.8) is 0 Å². The molecule has 2 aliphatic rings. The number of carboxylic acids is 1. The van der Waals surface area contributed by atoms with Gasteiger partial charge in [0.05, 0.1) is 0 Å². The van der Waals surface area contributed by atoms with Crippen LogP contribution in [0.2, 0.25) is 0 Å². The van der Waals surface area contributed by atoms with E-state index in [9.17, 15) is 9.59 Å². The third kappa shape index (κ3) is 5.16. The van der Waals surface area contributed by atoms with Crippen LogP contribution in [0, 0.1) is 11.3 Å². The van der Waals surface area contributed by atoms with Gasteiger partial charge >= 0.3 is 5.97 Å². The number of carbonyl (C=O) groups is 2. The van der Waals surface area contributed by atoms with E-state index in [1.807, 2.05) is 30.3 Å². The summed E-state index contributed by atoms with van der Waals surface area (Å²) in [5.74, 6) is -0.308. The predicted molar refractivity (Wildman–Crippen MR) is 125 cm³/mol. The fraction of sp³-hybridized carbons (Fsp3) is 0.400. The molecule has 4 rings (SSSR count). The van der Waals surface area contributed by atoms with Gasteiger partial charge in [-0.25, -0.2) is 0 Å². The molecule has 1 atom stereocenters. The molecule has 1 fully saturated rings. The molecule has 3 N–H and O–H groups in total. The van der Waals surface area contributed by atoms with Crippen LogP contribution in [0.4, 0.5) is 5.69 Å². The fourth-order valence-corrected chi connectivity index (χ4v) is 4.53. The molecule has 0 radical (unpaired) electrons. The minimum Gasteiger partial charge on any atom is -0.481 e. The lowest BCUT2D eigenvalue weighted by Crippen LogP contribution is -2.47. The minimum atomic E-state index is -0.757. The zero-order chi connectivity index (χ0) is 22.7. The normalized spacial score (nSPS) is 18.7. The Morgan fingerprint density at radius 2 is 1.72 bits per heavy atom. The Hall–Kier alpha value is -3.19. The Bertz CT molecular complexity index is 1010. The number of hydrogen-bond donors (Lipinski definition) is 3. The van der Waals surface area contributed by atoms with Crippen LogP contribution in [0.3, 0.4) is 0 Å². The second-order valence-corrected chi connectivity index (χ2v) is 8.86. The number of anilines is 1. The van der Waals surface area contributed by atoms with E-state index in [1.165, 1.54) is 5.56 Å². The molecule has 168 valence electrons. The van der Waals surface area contributed by atoms with Crippen molar-refractivity contribution in [1.82, 2.24) is 9.80 Å². The lowest BCUT2D eigenvalue weighted by atomic mass is 9.82. The number of benzene rings is 2. The first-order valence-electron chi connectivity index (χ1n) is 11.2. The van der Waals surface area contributed by atoms with Crippen LogP contribution in [0.25, 0.3) is 0 Å². The van der Waals surface area contributed by atoms with Crippen molar-refractivity contribution >= 4 is 23.4 Å². The van der Waals surface area contributed by atoms with Gasteiger partial charge in [-0.15, -0.1) is 0 Å². The third-order valence-electron chi connectivity index (χ3n) is 6.50. The summed E-state index contributed by atoms with van der Waals surface area (Å²) in [5, 5.41) is 20.5. The summed E-state index contributed by atoms with van der Waals surface area (Å²) in [6.45, 7) is 3.56. The summed E-state index contributed by atoms with van der Waals surface area (Å²) in [7, 11) is 2.09. The molecule has 1 aliphatic heterocycles. The zero-order valence-electron chi connectivity index (χ0n) is 18.4. The molecule has 2 aromatic rings.